The molecule has 0 fully saturated rings. The number of rotatable bonds is 2. The van der Waals surface area contributed by atoms with Gasteiger partial charge in [0.1, 0.15) is 0 Å². The van der Waals surface area contributed by atoms with Crippen molar-refractivity contribution in [3.8, 4) is 0 Å². The monoisotopic (exact) mass is 99.1 g/mol. The topological polar surface area (TPSA) is 23.5 Å². The first-order chi connectivity index (χ1) is 3.43. The Hall–Kier alpha value is -0.500. The minimum atomic E-state index is 0.268. The zero-order chi connectivity index (χ0) is 5.11. The lowest BCUT2D eigenvalue weighted by Gasteiger charge is -2.23. The molecule has 2 nitrogen and oxygen atoms in total. The molecular formula is C5H9NO. The van der Waals surface area contributed by atoms with Crippen LogP contribution in [0.2, 0.25) is 0 Å². The van der Waals surface area contributed by atoms with Gasteiger partial charge in [-0.25, -0.2) is 0 Å². The Morgan fingerprint density at radius 3 is 2.57 bits per heavy atom. The molecule has 1 N–H and O–H groups in total. The molecule has 1 aliphatic heterocycles. The van der Waals surface area contributed by atoms with Gasteiger partial charge in [0.05, 0.1) is 6.61 Å². The van der Waals surface area contributed by atoms with Gasteiger partial charge in [0.2, 0.25) is 0 Å². The maximum absolute atomic E-state index is 8.33. The van der Waals surface area contributed by atoms with Gasteiger partial charge in [-0.2, -0.15) is 0 Å². The highest BCUT2D eigenvalue weighted by atomic mass is 16.3. The fraction of sp³-hybridized carbons (Fsp3) is 0.600. The van der Waals surface area contributed by atoms with Crippen LogP contribution in [0, 0.1) is 0 Å². The van der Waals surface area contributed by atoms with Gasteiger partial charge in [0.15, 0.2) is 0 Å². The molecule has 0 spiro atoms. The van der Waals surface area contributed by atoms with Crippen LogP contribution in [-0.2, 0) is 0 Å². The van der Waals surface area contributed by atoms with Crippen molar-refractivity contribution in [1.29, 1.82) is 0 Å². The van der Waals surface area contributed by atoms with E-state index in [1.54, 1.807) is 0 Å². The first-order valence-corrected chi connectivity index (χ1v) is 2.45. The average molecular weight is 99.1 g/mol. The van der Waals surface area contributed by atoms with Gasteiger partial charge in [-0.3, -0.25) is 0 Å². The Bertz CT molecular complexity index is 80.1. The molecule has 0 aromatic rings. The summed E-state index contributed by atoms with van der Waals surface area (Å²) in [7, 11) is 0. The molecule has 7 heavy (non-hydrogen) atoms. The van der Waals surface area contributed by atoms with E-state index in [0.717, 1.165) is 13.1 Å². The predicted molar refractivity (Wildman–Crippen MR) is 27.8 cm³/mol. The van der Waals surface area contributed by atoms with Gasteiger partial charge >= 0.3 is 0 Å². The third kappa shape index (κ3) is 0.933. The molecule has 0 saturated carbocycles. The van der Waals surface area contributed by atoms with E-state index in [1.165, 1.54) is 0 Å². The maximum atomic E-state index is 8.33. The SMILES string of the molecule is OCCN1C=CC1. The van der Waals surface area contributed by atoms with Crippen LogP contribution in [0.1, 0.15) is 0 Å². The third-order valence-electron chi connectivity index (χ3n) is 1.04. The molecule has 1 rings (SSSR count). The Morgan fingerprint density at radius 2 is 2.43 bits per heavy atom. The molecule has 0 amide bonds. The van der Waals surface area contributed by atoms with Crippen LogP contribution in [0.25, 0.3) is 0 Å². The smallest absolute Gasteiger partial charge is 0.0606 e. The Labute approximate surface area is 43.1 Å². The Balaban J connectivity index is 2.06. The van der Waals surface area contributed by atoms with E-state index in [2.05, 4.69) is 11.0 Å². The van der Waals surface area contributed by atoms with E-state index in [0.29, 0.717) is 0 Å². The summed E-state index contributed by atoms with van der Waals surface area (Å²) in [6.07, 6.45) is 4.05. The van der Waals surface area contributed by atoms with E-state index >= 15 is 0 Å². The lowest BCUT2D eigenvalue weighted by Crippen LogP contribution is -2.27. The van der Waals surface area contributed by atoms with Crippen molar-refractivity contribution in [2.75, 3.05) is 19.7 Å². The van der Waals surface area contributed by atoms with Crippen LogP contribution in [-0.4, -0.2) is 29.7 Å². The Kier molecular flexibility index (Phi) is 1.32. The molecule has 1 heterocycles. The molecule has 0 aromatic carbocycles. The van der Waals surface area contributed by atoms with E-state index in [1.807, 2.05) is 6.20 Å². The highest BCUT2D eigenvalue weighted by Crippen LogP contribution is 1.98. The standard InChI is InChI=1S/C5H9NO/c7-5-4-6-2-1-3-6/h1-2,7H,3-5H2. The average Bonchev–Trinajstić information content (AvgIpc) is 1.55. The van der Waals surface area contributed by atoms with Gasteiger partial charge in [-0.05, 0) is 12.3 Å². The number of hydrogen-bond acceptors (Lipinski definition) is 2. The summed E-state index contributed by atoms with van der Waals surface area (Å²) in [6.45, 7) is 2.07. The van der Waals surface area contributed by atoms with Crippen molar-refractivity contribution in [1.82, 2.24) is 4.90 Å². The van der Waals surface area contributed by atoms with Crippen molar-refractivity contribution in [3.05, 3.63) is 12.3 Å². The molecule has 40 valence electrons. The zero-order valence-corrected chi connectivity index (χ0v) is 4.17. The van der Waals surface area contributed by atoms with Crippen molar-refractivity contribution < 1.29 is 5.11 Å². The second-order valence-corrected chi connectivity index (χ2v) is 1.60. The van der Waals surface area contributed by atoms with E-state index in [4.69, 9.17) is 5.11 Å². The number of aliphatic hydroxyl groups is 1. The number of β-amino-alcohol motifs (C(OH)–C–C–N with tert-alkyl or cyclic N) is 1. The molecule has 0 radical (unpaired) electrons. The molecule has 0 unspecified atom stereocenters. The van der Waals surface area contributed by atoms with Crippen LogP contribution in [0.15, 0.2) is 12.3 Å². The lowest BCUT2D eigenvalue weighted by molar-refractivity contribution is 0.235. The first kappa shape index (κ1) is 4.65. The molecular weight excluding hydrogens is 90.1 g/mol. The summed E-state index contributed by atoms with van der Waals surface area (Å²) in [5, 5.41) is 8.33. The summed E-state index contributed by atoms with van der Waals surface area (Å²) in [5.74, 6) is 0. The molecule has 2 heteroatoms. The van der Waals surface area contributed by atoms with Crippen LogP contribution in [0.3, 0.4) is 0 Å². The fourth-order valence-corrected chi connectivity index (χ4v) is 0.549. The Morgan fingerprint density at radius 1 is 1.71 bits per heavy atom. The van der Waals surface area contributed by atoms with E-state index < -0.39 is 0 Å². The van der Waals surface area contributed by atoms with Crippen LogP contribution in [0.4, 0.5) is 0 Å². The molecule has 0 aliphatic carbocycles. The van der Waals surface area contributed by atoms with Crippen molar-refractivity contribution in [2.45, 2.75) is 0 Å². The minimum Gasteiger partial charge on any atom is -0.395 e. The van der Waals surface area contributed by atoms with Gasteiger partial charge in [-0.1, -0.05) is 0 Å². The number of aliphatic hydroxyl groups excluding tert-OH is 1. The zero-order valence-electron chi connectivity index (χ0n) is 4.17. The molecule has 0 bridgehead atoms. The minimum absolute atomic E-state index is 0.268. The third-order valence-corrected chi connectivity index (χ3v) is 1.04. The summed E-state index contributed by atoms with van der Waals surface area (Å²) in [6, 6.07) is 0. The molecule has 1 aliphatic rings. The summed E-state index contributed by atoms with van der Waals surface area (Å²) >= 11 is 0. The predicted octanol–water partition coefficient (Wildman–Crippen LogP) is -0.192. The summed E-state index contributed by atoms with van der Waals surface area (Å²) < 4.78 is 0. The van der Waals surface area contributed by atoms with Crippen LogP contribution in [0.5, 0.6) is 0 Å². The normalized spacial score (nSPS) is 17.0. The van der Waals surface area contributed by atoms with Gasteiger partial charge in [0.25, 0.3) is 0 Å². The van der Waals surface area contributed by atoms with Crippen molar-refractivity contribution in [2.24, 2.45) is 0 Å². The summed E-state index contributed by atoms with van der Waals surface area (Å²) in [4.78, 5) is 2.06. The molecule has 0 atom stereocenters. The van der Waals surface area contributed by atoms with Gasteiger partial charge < -0.3 is 10.0 Å². The van der Waals surface area contributed by atoms with E-state index in [-0.39, 0.29) is 6.61 Å². The van der Waals surface area contributed by atoms with Crippen LogP contribution < -0.4 is 0 Å². The quantitative estimate of drug-likeness (QED) is 0.518. The maximum Gasteiger partial charge on any atom is 0.0606 e. The first-order valence-electron chi connectivity index (χ1n) is 2.45. The fourth-order valence-electron chi connectivity index (χ4n) is 0.549. The summed E-state index contributed by atoms with van der Waals surface area (Å²) in [5.41, 5.74) is 0. The largest absolute Gasteiger partial charge is 0.395 e. The second-order valence-electron chi connectivity index (χ2n) is 1.60. The van der Waals surface area contributed by atoms with Gasteiger partial charge in [0, 0.05) is 13.1 Å². The van der Waals surface area contributed by atoms with Gasteiger partial charge in [-0.15, -0.1) is 0 Å². The molecule has 0 saturated heterocycles. The van der Waals surface area contributed by atoms with Crippen molar-refractivity contribution >= 4 is 0 Å². The second kappa shape index (κ2) is 1.98. The number of nitrogens with zero attached hydrogens (tertiary/aromatic N) is 1. The van der Waals surface area contributed by atoms with Crippen LogP contribution >= 0.6 is 0 Å². The van der Waals surface area contributed by atoms with E-state index in [9.17, 15) is 0 Å². The number of hydrogen-bond donors (Lipinski definition) is 1. The lowest BCUT2D eigenvalue weighted by atomic mass is 10.4. The van der Waals surface area contributed by atoms with Crippen molar-refractivity contribution in [3.63, 3.8) is 0 Å². The highest BCUT2D eigenvalue weighted by Gasteiger charge is 2.00. The highest BCUT2D eigenvalue weighted by molar-refractivity contribution is 4.96. The molecule has 0 aromatic heterocycles.